The van der Waals surface area contributed by atoms with Crippen LogP contribution in [0.1, 0.15) is 15.9 Å². The molecular formula is C25H23FN2O4S. The molecule has 0 fully saturated rings. The Labute approximate surface area is 195 Å². The first-order chi connectivity index (χ1) is 16.1. The van der Waals surface area contributed by atoms with Gasteiger partial charge in [0.1, 0.15) is 19.0 Å². The van der Waals surface area contributed by atoms with Crippen molar-refractivity contribution in [2.45, 2.75) is 11.3 Å². The highest BCUT2D eigenvalue weighted by Gasteiger charge is 2.14. The molecule has 4 rings (SSSR count). The van der Waals surface area contributed by atoms with Crippen LogP contribution in [0.5, 0.6) is 11.5 Å². The number of hydrogen-bond acceptors (Lipinski definition) is 5. The first-order valence-corrected chi connectivity index (χ1v) is 11.5. The summed E-state index contributed by atoms with van der Waals surface area (Å²) in [6.07, 6.45) is 0.651. The summed E-state index contributed by atoms with van der Waals surface area (Å²) < 4.78 is 24.1. The van der Waals surface area contributed by atoms with E-state index in [2.05, 4.69) is 10.6 Å². The van der Waals surface area contributed by atoms with Crippen LogP contribution < -0.4 is 20.1 Å². The molecule has 6 nitrogen and oxygen atoms in total. The third-order valence-electron chi connectivity index (χ3n) is 4.92. The Morgan fingerprint density at radius 3 is 2.52 bits per heavy atom. The van der Waals surface area contributed by atoms with E-state index in [1.807, 2.05) is 30.3 Å². The van der Waals surface area contributed by atoms with Crippen molar-refractivity contribution in [3.05, 3.63) is 83.7 Å². The number of fused-ring (bicyclic) bond motifs is 1. The molecule has 0 saturated carbocycles. The van der Waals surface area contributed by atoms with Gasteiger partial charge in [-0.1, -0.05) is 18.2 Å². The normalized spacial score (nSPS) is 12.2. The van der Waals surface area contributed by atoms with Gasteiger partial charge >= 0.3 is 0 Å². The highest BCUT2D eigenvalue weighted by atomic mass is 32.2. The fraction of sp³-hybridized carbons (Fsp3) is 0.200. The molecule has 3 aromatic carbocycles. The van der Waals surface area contributed by atoms with Crippen LogP contribution in [-0.4, -0.2) is 37.3 Å². The topological polar surface area (TPSA) is 76.7 Å². The van der Waals surface area contributed by atoms with Crippen LogP contribution in [0.3, 0.4) is 0 Å². The van der Waals surface area contributed by atoms with E-state index in [9.17, 15) is 14.0 Å². The van der Waals surface area contributed by atoms with Gasteiger partial charge in [-0.05, 0) is 60.5 Å². The van der Waals surface area contributed by atoms with Crippen molar-refractivity contribution in [3.63, 3.8) is 0 Å². The average Bonchev–Trinajstić information content (AvgIpc) is 2.84. The van der Waals surface area contributed by atoms with Gasteiger partial charge in [0.05, 0.1) is 11.3 Å². The SMILES string of the molecule is O=C(CSc1ccccc1C(=O)NCCc1ccc2c(c1)OCCO2)Nc1ccc(F)cc1. The summed E-state index contributed by atoms with van der Waals surface area (Å²) in [4.78, 5) is 25.7. The van der Waals surface area contributed by atoms with Gasteiger partial charge in [0.2, 0.25) is 5.91 Å². The Hall–Kier alpha value is -3.52. The lowest BCUT2D eigenvalue weighted by Gasteiger charge is -2.19. The van der Waals surface area contributed by atoms with Crippen LogP contribution in [0.15, 0.2) is 71.6 Å². The molecular weight excluding hydrogens is 443 g/mol. The fourth-order valence-electron chi connectivity index (χ4n) is 3.31. The Balaban J connectivity index is 1.29. The number of nitrogens with one attached hydrogen (secondary N) is 2. The molecule has 33 heavy (non-hydrogen) atoms. The Bertz CT molecular complexity index is 1140. The summed E-state index contributed by atoms with van der Waals surface area (Å²) in [5.74, 6) is 0.791. The van der Waals surface area contributed by atoms with Gasteiger partial charge in [-0.15, -0.1) is 11.8 Å². The summed E-state index contributed by atoms with van der Waals surface area (Å²) in [7, 11) is 0. The quantitative estimate of drug-likeness (QED) is 0.484. The molecule has 1 heterocycles. The van der Waals surface area contributed by atoms with Gasteiger partial charge in [0.15, 0.2) is 11.5 Å². The molecule has 1 aliphatic heterocycles. The Kier molecular flexibility index (Phi) is 7.47. The maximum Gasteiger partial charge on any atom is 0.252 e. The molecule has 2 amide bonds. The van der Waals surface area contributed by atoms with Crippen molar-refractivity contribution in [1.82, 2.24) is 5.32 Å². The van der Waals surface area contributed by atoms with Gasteiger partial charge in [-0.25, -0.2) is 4.39 Å². The largest absolute Gasteiger partial charge is 0.486 e. The third kappa shape index (κ3) is 6.26. The minimum atomic E-state index is -0.365. The zero-order valence-corrected chi connectivity index (χ0v) is 18.6. The number of carbonyl (C=O) groups is 2. The molecule has 170 valence electrons. The highest BCUT2D eigenvalue weighted by Crippen LogP contribution is 2.30. The number of carbonyl (C=O) groups excluding carboxylic acids is 2. The maximum atomic E-state index is 13.0. The van der Waals surface area contributed by atoms with Crippen LogP contribution in [0.2, 0.25) is 0 Å². The number of thioether (sulfide) groups is 1. The first-order valence-electron chi connectivity index (χ1n) is 10.5. The Morgan fingerprint density at radius 2 is 1.70 bits per heavy atom. The van der Waals surface area contributed by atoms with Crippen molar-refractivity contribution < 1.29 is 23.5 Å². The lowest BCUT2D eigenvalue weighted by molar-refractivity contribution is -0.113. The molecule has 0 aromatic heterocycles. The smallest absolute Gasteiger partial charge is 0.252 e. The number of benzene rings is 3. The molecule has 0 atom stereocenters. The second-order valence-electron chi connectivity index (χ2n) is 7.32. The predicted molar refractivity (Wildman–Crippen MR) is 126 cm³/mol. The van der Waals surface area contributed by atoms with Crippen LogP contribution >= 0.6 is 11.8 Å². The number of amides is 2. The molecule has 0 saturated heterocycles. The molecule has 0 spiro atoms. The predicted octanol–water partition coefficient (Wildman–Crippen LogP) is 4.30. The Morgan fingerprint density at radius 1 is 0.939 bits per heavy atom. The molecule has 2 N–H and O–H groups in total. The van der Waals surface area contributed by atoms with Gasteiger partial charge in [0, 0.05) is 17.1 Å². The molecule has 0 aliphatic carbocycles. The summed E-state index contributed by atoms with van der Waals surface area (Å²) >= 11 is 1.27. The van der Waals surface area contributed by atoms with E-state index < -0.39 is 0 Å². The maximum absolute atomic E-state index is 13.0. The van der Waals surface area contributed by atoms with E-state index >= 15 is 0 Å². The van der Waals surface area contributed by atoms with Crippen molar-refractivity contribution in [3.8, 4) is 11.5 Å². The molecule has 0 unspecified atom stereocenters. The standard InChI is InChI=1S/C25H23FN2O4S/c26-18-6-8-19(9-7-18)28-24(29)16-33-23-4-2-1-3-20(23)25(30)27-12-11-17-5-10-21-22(15-17)32-14-13-31-21/h1-10,15H,11-14,16H2,(H,27,30)(H,28,29). The summed E-state index contributed by atoms with van der Waals surface area (Å²) in [6, 6.07) is 18.5. The zero-order chi connectivity index (χ0) is 23.0. The number of hydrogen-bond donors (Lipinski definition) is 2. The van der Waals surface area contributed by atoms with Crippen molar-refractivity contribution >= 4 is 29.3 Å². The van der Waals surface area contributed by atoms with E-state index in [1.165, 1.54) is 36.0 Å². The van der Waals surface area contributed by atoms with E-state index in [1.54, 1.807) is 12.1 Å². The third-order valence-corrected chi connectivity index (χ3v) is 6.00. The molecule has 1 aliphatic rings. The van der Waals surface area contributed by atoms with E-state index in [0.29, 0.717) is 42.3 Å². The van der Waals surface area contributed by atoms with Crippen molar-refractivity contribution in [2.24, 2.45) is 0 Å². The molecule has 0 radical (unpaired) electrons. The molecule has 3 aromatic rings. The number of ether oxygens (including phenoxy) is 2. The van der Waals surface area contributed by atoms with Gasteiger partial charge in [0.25, 0.3) is 5.91 Å². The highest BCUT2D eigenvalue weighted by molar-refractivity contribution is 8.00. The van der Waals surface area contributed by atoms with Crippen LogP contribution in [0.25, 0.3) is 0 Å². The van der Waals surface area contributed by atoms with Crippen molar-refractivity contribution in [2.75, 3.05) is 30.8 Å². The van der Waals surface area contributed by atoms with Crippen molar-refractivity contribution in [1.29, 1.82) is 0 Å². The monoisotopic (exact) mass is 466 g/mol. The summed E-state index contributed by atoms with van der Waals surface area (Å²) in [5, 5.41) is 5.66. The van der Waals surface area contributed by atoms with Crippen LogP contribution in [0.4, 0.5) is 10.1 Å². The molecule has 0 bridgehead atoms. The number of anilines is 1. The summed E-state index contributed by atoms with van der Waals surface area (Å²) in [6.45, 7) is 1.54. The lowest BCUT2D eigenvalue weighted by atomic mass is 10.1. The zero-order valence-electron chi connectivity index (χ0n) is 17.8. The summed E-state index contributed by atoms with van der Waals surface area (Å²) in [5.41, 5.74) is 2.08. The van der Waals surface area contributed by atoms with Crippen LogP contribution in [-0.2, 0) is 11.2 Å². The number of rotatable bonds is 8. The van der Waals surface area contributed by atoms with Gasteiger partial charge in [-0.3, -0.25) is 9.59 Å². The minimum Gasteiger partial charge on any atom is -0.486 e. The second kappa shape index (κ2) is 10.9. The van der Waals surface area contributed by atoms with E-state index in [4.69, 9.17) is 9.47 Å². The van der Waals surface area contributed by atoms with Gasteiger partial charge < -0.3 is 20.1 Å². The average molecular weight is 467 g/mol. The van der Waals surface area contributed by atoms with E-state index in [0.717, 1.165) is 17.1 Å². The van der Waals surface area contributed by atoms with Gasteiger partial charge in [-0.2, -0.15) is 0 Å². The first kappa shape index (κ1) is 22.7. The molecule has 8 heteroatoms. The minimum absolute atomic E-state index is 0.124. The van der Waals surface area contributed by atoms with E-state index in [-0.39, 0.29) is 23.4 Å². The fourth-order valence-corrected chi connectivity index (χ4v) is 4.16. The lowest BCUT2D eigenvalue weighted by Crippen LogP contribution is -2.26. The second-order valence-corrected chi connectivity index (χ2v) is 8.34. The number of halogens is 1. The van der Waals surface area contributed by atoms with Crippen LogP contribution in [0, 0.1) is 5.82 Å².